The third-order valence-corrected chi connectivity index (χ3v) is 8.09. The van der Waals surface area contributed by atoms with Crippen LogP contribution in [0.4, 0.5) is 0 Å². The van der Waals surface area contributed by atoms with E-state index in [0.717, 1.165) is 23.1 Å². The molecule has 0 bridgehead atoms. The average molecular weight is 565 g/mol. The average Bonchev–Trinajstić information content (AvgIpc) is 3.25. The molecule has 1 unspecified atom stereocenters. The second-order valence-corrected chi connectivity index (χ2v) is 10.5. The van der Waals surface area contributed by atoms with Crippen molar-refractivity contribution < 1.29 is 19.0 Å². The lowest BCUT2D eigenvalue weighted by molar-refractivity contribution is 0.0740. The van der Waals surface area contributed by atoms with Crippen LogP contribution in [-0.4, -0.2) is 12.6 Å². The maximum absolute atomic E-state index is 13.0. The van der Waals surface area contributed by atoms with Gasteiger partial charge in [0.2, 0.25) is 5.88 Å². The lowest BCUT2D eigenvalue weighted by Gasteiger charge is -2.27. The molecule has 4 aromatic rings. The fourth-order valence-corrected chi connectivity index (χ4v) is 6.14. The Labute approximate surface area is 233 Å². The molecule has 0 amide bonds. The summed E-state index contributed by atoms with van der Waals surface area (Å²) in [6, 6.07) is 20.1. The van der Waals surface area contributed by atoms with Gasteiger partial charge in [-0.25, -0.2) is 4.79 Å². The molecule has 2 N–H and O–H groups in total. The highest BCUT2D eigenvalue weighted by Gasteiger charge is 2.31. The third-order valence-electron chi connectivity index (χ3n) is 6.15. The van der Waals surface area contributed by atoms with Crippen molar-refractivity contribution in [2.24, 2.45) is 5.73 Å². The molecule has 0 saturated heterocycles. The van der Waals surface area contributed by atoms with Gasteiger partial charge in [-0.15, -0.1) is 11.3 Å². The maximum Gasteiger partial charge on any atom is 0.355 e. The summed E-state index contributed by atoms with van der Waals surface area (Å²) in [5.41, 5.74) is 8.00. The van der Waals surface area contributed by atoms with Crippen molar-refractivity contribution in [2.45, 2.75) is 25.7 Å². The van der Waals surface area contributed by atoms with Crippen molar-refractivity contribution in [3.05, 3.63) is 98.2 Å². The van der Waals surface area contributed by atoms with Gasteiger partial charge < -0.3 is 19.9 Å². The first-order valence-corrected chi connectivity index (χ1v) is 13.5. The highest BCUT2D eigenvalue weighted by Crippen LogP contribution is 2.45. The number of unbranched alkanes of at least 4 members (excludes halogenated alkanes) is 1. The molecule has 1 aromatic heterocycles. The molecule has 0 radical (unpaired) electrons. The molecule has 1 aliphatic heterocycles. The maximum atomic E-state index is 13.0. The summed E-state index contributed by atoms with van der Waals surface area (Å²) < 4.78 is 18.1. The summed E-state index contributed by atoms with van der Waals surface area (Å²) in [6.45, 7) is 2.71. The number of hydrogen-bond donors (Lipinski definition) is 1. The number of allylic oxidation sites excluding steroid dienone is 1. The SMILES string of the molecule is CCCCOc1cccc(C2C(C#N)=C(N)Oc3cc(OC(=O)c4sc5cccc(Cl)c5c4Cl)ccc32)c1. The molecule has 1 atom stereocenters. The van der Waals surface area contributed by atoms with E-state index in [1.54, 1.807) is 30.3 Å². The molecule has 1 aliphatic rings. The van der Waals surface area contributed by atoms with Gasteiger partial charge in [0.05, 0.1) is 22.6 Å². The zero-order chi connectivity index (χ0) is 26.8. The Balaban J connectivity index is 1.46. The number of benzene rings is 3. The number of nitrogens with zero attached hydrogens (tertiary/aromatic N) is 1. The van der Waals surface area contributed by atoms with Crippen molar-refractivity contribution in [3.63, 3.8) is 0 Å². The molecule has 0 fully saturated rings. The second-order valence-electron chi connectivity index (χ2n) is 8.65. The minimum atomic E-state index is -0.613. The van der Waals surface area contributed by atoms with Crippen LogP contribution in [0.2, 0.25) is 10.0 Å². The van der Waals surface area contributed by atoms with Gasteiger partial charge in [0.25, 0.3) is 0 Å². The smallest absolute Gasteiger partial charge is 0.355 e. The number of ether oxygens (including phenoxy) is 3. The van der Waals surface area contributed by atoms with E-state index in [9.17, 15) is 10.1 Å². The number of esters is 1. The molecule has 38 heavy (non-hydrogen) atoms. The largest absolute Gasteiger partial charge is 0.494 e. The summed E-state index contributed by atoms with van der Waals surface area (Å²) >= 11 is 13.9. The molecule has 9 heteroatoms. The Morgan fingerprint density at radius 2 is 1.95 bits per heavy atom. The van der Waals surface area contributed by atoms with Crippen LogP contribution in [0.3, 0.4) is 0 Å². The molecule has 192 valence electrons. The van der Waals surface area contributed by atoms with Crippen molar-refractivity contribution in [1.29, 1.82) is 5.26 Å². The zero-order valence-electron chi connectivity index (χ0n) is 20.3. The normalized spacial score (nSPS) is 14.5. The van der Waals surface area contributed by atoms with E-state index >= 15 is 0 Å². The molecule has 0 spiro atoms. The molecule has 0 saturated carbocycles. The molecule has 5 rings (SSSR count). The van der Waals surface area contributed by atoms with Crippen LogP contribution in [0.1, 0.15) is 46.5 Å². The lowest BCUT2D eigenvalue weighted by atomic mass is 9.83. The Morgan fingerprint density at radius 1 is 1.13 bits per heavy atom. The molecule has 0 aliphatic carbocycles. The Bertz CT molecular complexity index is 1620. The highest BCUT2D eigenvalue weighted by molar-refractivity contribution is 7.21. The van der Waals surface area contributed by atoms with Gasteiger partial charge in [0, 0.05) is 21.7 Å². The van der Waals surface area contributed by atoms with Crippen molar-refractivity contribution in [2.75, 3.05) is 6.61 Å². The highest BCUT2D eigenvalue weighted by atomic mass is 35.5. The summed E-state index contributed by atoms with van der Waals surface area (Å²) in [6.07, 6.45) is 1.97. The van der Waals surface area contributed by atoms with Gasteiger partial charge in [-0.05, 0) is 42.3 Å². The van der Waals surface area contributed by atoms with Crippen LogP contribution >= 0.6 is 34.5 Å². The number of carbonyl (C=O) groups excluding carboxylic acids is 1. The van der Waals surface area contributed by atoms with E-state index in [1.807, 2.05) is 30.3 Å². The van der Waals surface area contributed by atoms with Gasteiger partial charge in [-0.3, -0.25) is 0 Å². The van der Waals surface area contributed by atoms with Crippen LogP contribution in [0.15, 0.2) is 72.1 Å². The number of nitriles is 1. The fraction of sp³-hybridized carbons (Fsp3) is 0.172. The van der Waals surface area contributed by atoms with Crippen molar-refractivity contribution in [1.82, 2.24) is 0 Å². The third kappa shape index (κ3) is 4.91. The first-order chi connectivity index (χ1) is 18.4. The van der Waals surface area contributed by atoms with Crippen LogP contribution in [0.25, 0.3) is 10.1 Å². The van der Waals surface area contributed by atoms with Crippen LogP contribution in [0, 0.1) is 11.3 Å². The number of carbonyl (C=O) groups is 1. The molecule has 2 heterocycles. The first-order valence-electron chi connectivity index (χ1n) is 11.9. The fourth-order valence-electron chi connectivity index (χ4n) is 4.32. The van der Waals surface area contributed by atoms with Crippen LogP contribution < -0.4 is 19.9 Å². The van der Waals surface area contributed by atoms with Crippen molar-refractivity contribution in [3.8, 4) is 23.3 Å². The monoisotopic (exact) mass is 564 g/mol. The summed E-state index contributed by atoms with van der Waals surface area (Å²) in [4.78, 5) is 13.3. The predicted octanol–water partition coefficient (Wildman–Crippen LogP) is 7.82. The van der Waals surface area contributed by atoms with Gasteiger partial charge in [-0.1, -0.05) is 60.8 Å². The van der Waals surface area contributed by atoms with E-state index in [4.69, 9.17) is 43.1 Å². The number of fused-ring (bicyclic) bond motifs is 2. The Morgan fingerprint density at radius 3 is 2.71 bits per heavy atom. The standard InChI is InChI=1S/C29H22Cl2N2O4S/c1-2-3-12-35-17-7-4-6-16(13-17)24-19-11-10-18(14-22(19)37-28(33)20(24)15-32)36-29(34)27-26(31)25-21(30)8-5-9-23(25)38-27/h4-11,13-14,24H,2-3,12,33H2,1H3. The quantitative estimate of drug-likeness (QED) is 0.139. The van der Waals surface area contributed by atoms with Gasteiger partial charge >= 0.3 is 5.97 Å². The Hall–Kier alpha value is -3.70. The van der Waals surface area contributed by atoms with E-state index in [0.29, 0.717) is 39.7 Å². The summed E-state index contributed by atoms with van der Waals surface area (Å²) in [7, 11) is 0. The topological polar surface area (TPSA) is 94.6 Å². The second kappa shape index (κ2) is 11.0. The van der Waals surface area contributed by atoms with Crippen LogP contribution in [0.5, 0.6) is 17.2 Å². The van der Waals surface area contributed by atoms with Gasteiger partial charge in [0.1, 0.15) is 33.8 Å². The first kappa shape index (κ1) is 25.9. The van der Waals surface area contributed by atoms with Crippen molar-refractivity contribution >= 4 is 50.6 Å². The number of rotatable bonds is 7. The van der Waals surface area contributed by atoms with Gasteiger partial charge in [0.15, 0.2) is 0 Å². The van der Waals surface area contributed by atoms with E-state index in [-0.39, 0.29) is 21.5 Å². The number of nitrogens with two attached hydrogens (primary N) is 1. The number of hydrogen-bond acceptors (Lipinski definition) is 7. The Kier molecular flexibility index (Phi) is 7.48. The zero-order valence-corrected chi connectivity index (χ0v) is 22.6. The lowest BCUT2D eigenvalue weighted by Crippen LogP contribution is -2.21. The number of thiophene rings is 1. The minimum absolute atomic E-state index is 0.00651. The van der Waals surface area contributed by atoms with E-state index in [1.165, 1.54) is 11.3 Å². The number of halogens is 2. The summed E-state index contributed by atoms with van der Waals surface area (Å²) in [5.74, 6) is 0.260. The predicted molar refractivity (Wildman–Crippen MR) is 149 cm³/mol. The van der Waals surface area contributed by atoms with E-state index in [2.05, 4.69) is 13.0 Å². The summed E-state index contributed by atoms with van der Waals surface area (Å²) in [5, 5.41) is 11.2. The minimum Gasteiger partial charge on any atom is -0.494 e. The molecular weight excluding hydrogens is 543 g/mol. The van der Waals surface area contributed by atoms with Gasteiger partial charge in [-0.2, -0.15) is 5.26 Å². The van der Waals surface area contributed by atoms with Crippen LogP contribution in [-0.2, 0) is 0 Å². The molecular formula is C29H22Cl2N2O4S. The molecule has 6 nitrogen and oxygen atoms in total. The molecule has 3 aromatic carbocycles. The van der Waals surface area contributed by atoms with E-state index < -0.39 is 11.9 Å².